The summed E-state index contributed by atoms with van der Waals surface area (Å²) in [6, 6.07) is 4.67. The van der Waals surface area contributed by atoms with E-state index in [1.807, 2.05) is 0 Å². The van der Waals surface area contributed by atoms with Crippen molar-refractivity contribution >= 4 is 11.8 Å². The number of hydrogen-bond donors (Lipinski definition) is 1. The number of nitrogens with one attached hydrogen (secondary N) is 1. The van der Waals surface area contributed by atoms with Crippen LogP contribution in [0.5, 0.6) is 5.75 Å². The van der Waals surface area contributed by atoms with E-state index in [1.54, 1.807) is 6.92 Å². The number of rotatable bonds is 6. The highest BCUT2D eigenvalue weighted by molar-refractivity contribution is 5.86. The molecular weight excluding hydrogens is 313 g/mol. The molecule has 0 aromatic heterocycles. The summed E-state index contributed by atoms with van der Waals surface area (Å²) in [6.07, 6.45) is -5.73. The Hall–Kier alpha value is -2.25. The molecule has 0 radical (unpaired) electrons. The minimum absolute atomic E-state index is 0.180. The van der Waals surface area contributed by atoms with Gasteiger partial charge in [-0.25, -0.2) is 0 Å². The van der Waals surface area contributed by atoms with Crippen LogP contribution in [-0.2, 0) is 15.8 Å². The highest BCUT2D eigenvalue weighted by atomic mass is 19.4. The fraction of sp³-hybridized carbons (Fsp3) is 0.467. The Morgan fingerprint density at radius 3 is 2.43 bits per heavy atom. The molecule has 1 aromatic rings. The first-order valence-corrected chi connectivity index (χ1v) is 7.03. The number of alkyl halides is 3. The first-order chi connectivity index (χ1) is 10.7. The lowest BCUT2D eigenvalue weighted by molar-refractivity contribution is -0.144. The van der Waals surface area contributed by atoms with E-state index in [0.29, 0.717) is 0 Å². The number of nitrogens with zero attached hydrogens (tertiary/aromatic N) is 1. The van der Waals surface area contributed by atoms with Crippen LogP contribution in [0.25, 0.3) is 0 Å². The van der Waals surface area contributed by atoms with Gasteiger partial charge in [0.05, 0.1) is 12.1 Å². The van der Waals surface area contributed by atoms with Gasteiger partial charge in [-0.3, -0.25) is 9.59 Å². The van der Waals surface area contributed by atoms with Crippen LogP contribution in [0.3, 0.4) is 0 Å². The molecular formula is C15H19F3N2O3. The fourth-order valence-corrected chi connectivity index (χ4v) is 1.90. The zero-order valence-corrected chi connectivity index (χ0v) is 13.1. The van der Waals surface area contributed by atoms with Crippen molar-refractivity contribution in [1.29, 1.82) is 0 Å². The van der Waals surface area contributed by atoms with E-state index in [-0.39, 0.29) is 19.0 Å². The van der Waals surface area contributed by atoms with E-state index in [9.17, 15) is 22.8 Å². The third-order valence-corrected chi connectivity index (χ3v) is 3.15. The minimum Gasteiger partial charge on any atom is -0.480 e. The Labute approximate surface area is 132 Å². The molecule has 0 aliphatic rings. The van der Waals surface area contributed by atoms with Crippen LogP contribution in [0.15, 0.2) is 24.3 Å². The lowest BCUT2D eigenvalue weighted by Crippen LogP contribution is -2.45. The Morgan fingerprint density at radius 1 is 1.30 bits per heavy atom. The molecule has 128 valence electrons. The first kappa shape index (κ1) is 18.8. The van der Waals surface area contributed by atoms with Crippen LogP contribution < -0.4 is 10.1 Å². The van der Waals surface area contributed by atoms with Gasteiger partial charge >= 0.3 is 6.18 Å². The van der Waals surface area contributed by atoms with Gasteiger partial charge in [-0.05, 0) is 26.0 Å². The van der Waals surface area contributed by atoms with E-state index in [1.165, 1.54) is 31.0 Å². The van der Waals surface area contributed by atoms with Gasteiger partial charge < -0.3 is 15.0 Å². The van der Waals surface area contributed by atoms with Gasteiger partial charge in [0.1, 0.15) is 5.75 Å². The summed E-state index contributed by atoms with van der Waals surface area (Å²) in [5.41, 5.74) is -0.950. The van der Waals surface area contributed by atoms with E-state index in [0.717, 1.165) is 12.1 Å². The number of carbonyl (C=O) groups is 2. The van der Waals surface area contributed by atoms with E-state index >= 15 is 0 Å². The Bertz CT molecular complexity index is 561. The largest absolute Gasteiger partial charge is 0.480 e. The summed E-state index contributed by atoms with van der Waals surface area (Å²) in [5.74, 6) is -1.35. The second-order valence-electron chi connectivity index (χ2n) is 4.78. The monoisotopic (exact) mass is 332 g/mol. The molecule has 2 amide bonds. The molecule has 1 rings (SSSR count). The van der Waals surface area contributed by atoms with Crippen molar-refractivity contribution in [1.82, 2.24) is 10.2 Å². The molecule has 5 nitrogen and oxygen atoms in total. The van der Waals surface area contributed by atoms with Gasteiger partial charge in [0.15, 0.2) is 6.10 Å². The Morgan fingerprint density at radius 2 is 1.91 bits per heavy atom. The van der Waals surface area contributed by atoms with E-state index in [4.69, 9.17) is 4.74 Å². The maximum absolute atomic E-state index is 12.9. The molecule has 8 heteroatoms. The van der Waals surface area contributed by atoms with Crippen LogP contribution >= 0.6 is 0 Å². The molecule has 0 saturated carbocycles. The quantitative estimate of drug-likeness (QED) is 0.868. The fourth-order valence-electron chi connectivity index (χ4n) is 1.90. The number of ether oxygens (including phenoxy) is 1. The van der Waals surface area contributed by atoms with Crippen LogP contribution in [0.4, 0.5) is 13.2 Å². The van der Waals surface area contributed by atoms with Crippen LogP contribution in [0.1, 0.15) is 19.4 Å². The van der Waals surface area contributed by atoms with Crippen molar-refractivity contribution in [3.05, 3.63) is 29.8 Å². The van der Waals surface area contributed by atoms with Gasteiger partial charge in [-0.2, -0.15) is 13.2 Å². The number of likely N-dealkylation sites (N-methyl/N-ethyl adjacent to an activating group) is 2. The van der Waals surface area contributed by atoms with Gasteiger partial charge in [-0.1, -0.05) is 12.1 Å². The third kappa shape index (κ3) is 5.15. The lowest BCUT2D eigenvalue weighted by Gasteiger charge is -2.25. The molecule has 1 atom stereocenters. The number of para-hydroxylation sites is 1. The topological polar surface area (TPSA) is 58.6 Å². The summed E-state index contributed by atoms with van der Waals surface area (Å²) in [5, 5.41) is 2.38. The molecule has 0 fully saturated rings. The lowest BCUT2D eigenvalue weighted by atomic mass is 10.2. The molecule has 23 heavy (non-hydrogen) atoms. The molecule has 0 saturated heterocycles. The summed E-state index contributed by atoms with van der Waals surface area (Å²) in [6.45, 7) is 3.07. The van der Waals surface area contributed by atoms with Crippen molar-refractivity contribution in [2.24, 2.45) is 0 Å². The summed E-state index contributed by atoms with van der Waals surface area (Å²) < 4.78 is 43.9. The van der Waals surface area contributed by atoms with Crippen molar-refractivity contribution < 1.29 is 27.5 Å². The molecule has 0 aliphatic carbocycles. The second kappa shape index (κ2) is 7.85. The molecule has 1 N–H and O–H groups in total. The average Bonchev–Trinajstić information content (AvgIpc) is 2.51. The predicted molar refractivity (Wildman–Crippen MR) is 77.9 cm³/mol. The number of carbonyl (C=O) groups excluding carboxylic acids is 2. The maximum atomic E-state index is 12.9. The SMILES string of the molecule is CCN(CC(=O)NC)C(=O)[C@@H](C)Oc1ccccc1C(F)(F)F. The summed E-state index contributed by atoms with van der Waals surface area (Å²) in [4.78, 5) is 24.8. The third-order valence-electron chi connectivity index (χ3n) is 3.15. The number of amides is 2. The smallest absolute Gasteiger partial charge is 0.419 e. The van der Waals surface area contributed by atoms with Crippen molar-refractivity contribution in [3.63, 3.8) is 0 Å². The van der Waals surface area contributed by atoms with Gasteiger partial charge in [-0.15, -0.1) is 0 Å². The van der Waals surface area contributed by atoms with Crippen LogP contribution in [0.2, 0.25) is 0 Å². The van der Waals surface area contributed by atoms with Crippen LogP contribution in [-0.4, -0.2) is 43.0 Å². The summed E-state index contributed by atoms with van der Waals surface area (Å²) in [7, 11) is 1.43. The zero-order chi connectivity index (χ0) is 17.6. The van der Waals surface area contributed by atoms with Gasteiger partial charge in [0.25, 0.3) is 5.91 Å². The number of hydrogen-bond acceptors (Lipinski definition) is 3. The van der Waals surface area contributed by atoms with Gasteiger partial charge in [0.2, 0.25) is 5.91 Å². The minimum atomic E-state index is -4.58. The average molecular weight is 332 g/mol. The molecule has 0 heterocycles. The van der Waals surface area contributed by atoms with Gasteiger partial charge in [0, 0.05) is 13.6 Å². The number of halogens is 3. The Kier molecular flexibility index (Phi) is 6.41. The first-order valence-electron chi connectivity index (χ1n) is 7.03. The van der Waals surface area contributed by atoms with Crippen molar-refractivity contribution in [2.45, 2.75) is 26.1 Å². The molecule has 1 aromatic carbocycles. The molecule has 0 spiro atoms. The molecule has 0 bridgehead atoms. The molecule has 0 aliphatic heterocycles. The highest BCUT2D eigenvalue weighted by Gasteiger charge is 2.35. The predicted octanol–water partition coefficient (Wildman–Crippen LogP) is 2.07. The van der Waals surface area contributed by atoms with Crippen molar-refractivity contribution in [3.8, 4) is 5.75 Å². The molecule has 0 unspecified atom stereocenters. The van der Waals surface area contributed by atoms with E-state index < -0.39 is 29.5 Å². The van der Waals surface area contributed by atoms with E-state index in [2.05, 4.69) is 5.32 Å². The second-order valence-corrected chi connectivity index (χ2v) is 4.78. The standard InChI is InChI=1S/C15H19F3N2O3/c1-4-20(9-13(21)19-3)14(22)10(2)23-12-8-6-5-7-11(12)15(16,17)18/h5-8,10H,4,9H2,1-3H3,(H,19,21)/t10-/m1/s1. The number of benzene rings is 1. The highest BCUT2D eigenvalue weighted by Crippen LogP contribution is 2.36. The Balaban J connectivity index is 2.89. The normalized spacial score (nSPS) is 12.4. The summed E-state index contributed by atoms with van der Waals surface area (Å²) >= 11 is 0. The van der Waals surface area contributed by atoms with Crippen molar-refractivity contribution in [2.75, 3.05) is 20.1 Å². The zero-order valence-electron chi connectivity index (χ0n) is 13.1. The maximum Gasteiger partial charge on any atom is 0.419 e. The van der Waals surface area contributed by atoms with Crippen LogP contribution in [0, 0.1) is 0 Å².